The van der Waals surface area contributed by atoms with E-state index in [-0.39, 0.29) is 5.92 Å². The van der Waals surface area contributed by atoms with E-state index in [1.165, 1.54) is 0 Å². The van der Waals surface area contributed by atoms with E-state index in [4.69, 9.17) is 21.1 Å². The number of hydrogen-bond donors (Lipinski definition) is 0. The summed E-state index contributed by atoms with van der Waals surface area (Å²) in [4.78, 5) is 0. The van der Waals surface area contributed by atoms with Crippen LogP contribution in [0.5, 0.6) is 11.5 Å². The molecule has 0 aliphatic heterocycles. The molecule has 0 aromatic heterocycles. The highest BCUT2D eigenvalue weighted by Gasteiger charge is 2.15. The lowest BCUT2D eigenvalue weighted by atomic mass is 9.97. The zero-order valence-corrected chi connectivity index (χ0v) is 14.2. The van der Waals surface area contributed by atoms with Gasteiger partial charge in [-0.1, -0.05) is 32.4 Å². The second-order valence-corrected chi connectivity index (χ2v) is 5.46. The SMILES string of the molecule is CC#CCC(C)c1cc(Cl)c(OCCC)cc1OCCC. The Morgan fingerprint density at radius 1 is 1.10 bits per heavy atom. The van der Waals surface area contributed by atoms with Crippen LogP contribution in [0.1, 0.15) is 58.4 Å². The number of halogens is 1. The van der Waals surface area contributed by atoms with Crippen LogP contribution in [0.25, 0.3) is 0 Å². The van der Waals surface area contributed by atoms with Gasteiger partial charge in [0, 0.05) is 12.5 Å². The number of rotatable bonds is 8. The predicted molar refractivity (Wildman–Crippen MR) is 89.5 cm³/mol. The molecule has 1 rings (SSSR count). The zero-order chi connectivity index (χ0) is 15.7. The first kappa shape index (κ1) is 17.7. The molecule has 0 radical (unpaired) electrons. The second-order valence-electron chi connectivity index (χ2n) is 5.05. The fraction of sp³-hybridized carbons (Fsp3) is 0.556. The molecule has 0 aliphatic carbocycles. The Hall–Kier alpha value is -1.33. The molecule has 1 aromatic rings. The first-order valence-electron chi connectivity index (χ1n) is 7.62. The summed E-state index contributed by atoms with van der Waals surface area (Å²) < 4.78 is 11.6. The highest BCUT2D eigenvalue weighted by atomic mass is 35.5. The van der Waals surface area contributed by atoms with Gasteiger partial charge in [-0.05, 0) is 37.3 Å². The van der Waals surface area contributed by atoms with Crippen molar-refractivity contribution in [1.82, 2.24) is 0 Å². The summed E-state index contributed by atoms with van der Waals surface area (Å²) in [6.45, 7) is 9.51. The molecule has 0 fully saturated rings. The third-order valence-electron chi connectivity index (χ3n) is 3.10. The van der Waals surface area contributed by atoms with Gasteiger partial charge < -0.3 is 9.47 Å². The average Bonchev–Trinajstić information content (AvgIpc) is 2.49. The minimum absolute atomic E-state index is 0.280. The first-order chi connectivity index (χ1) is 10.1. The molecule has 0 amide bonds. The normalized spacial score (nSPS) is 11.5. The van der Waals surface area contributed by atoms with Crippen molar-refractivity contribution < 1.29 is 9.47 Å². The van der Waals surface area contributed by atoms with E-state index in [0.717, 1.165) is 30.6 Å². The fourth-order valence-electron chi connectivity index (χ4n) is 1.96. The van der Waals surface area contributed by atoms with Crippen molar-refractivity contribution in [3.63, 3.8) is 0 Å². The smallest absolute Gasteiger partial charge is 0.141 e. The predicted octanol–water partition coefficient (Wildman–Crippen LogP) is 5.43. The summed E-state index contributed by atoms with van der Waals surface area (Å²) in [6, 6.07) is 3.87. The van der Waals surface area contributed by atoms with Crippen molar-refractivity contribution in [3.05, 3.63) is 22.7 Å². The van der Waals surface area contributed by atoms with E-state index in [1.54, 1.807) is 0 Å². The topological polar surface area (TPSA) is 18.5 Å². The number of hydrogen-bond acceptors (Lipinski definition) is 2. The highest BCUT2D eigenvalue weighted by Crippen LogP contribution is 2.37. The fourth-order valence-corrected chi connectivity index (χ4v) is 2.19. The van der Waals surface area contributed by atoms with Crippen molar-refractivity contribution in [1.29, 1.82) is 0 Å². The molecule has 1 atom stereocenters. The molecule has 0 saturated heterocycles. The lowest BCUT2D eigenvalue weighted by molar-refractivity contribution is 0.298. The van der Waals surface area contributed by atoms with Gasteiger partial charge in [-0.2, -0.15) is 0 Å². The molecule has 0 bridgehead atoms. The summed E-state index contributed by atoms with van der Waals surface area (Å²) >= 11 is 6.33. The summed E-state index contributed by atoms with van der Waals surface area (Å²) in [7, 11) is 0. The minimum atomic E-state index is 0.280. The molecule has 1 aromatic carbocycles. The summed E-state index contributed by atoms with van der Waals surface area (Å²) in [6.07, 6.45) is 2.71. The van der Waals surface area contributed by atoms with E-state index in [1.807, 2.05) is 19.1 Å². The number of benzene rings is 1. The Balaban J connectivity index is 3.07. The van der Waals surface area contributed by atoms with E-state index in [2.05, 4.69) is 32.6 Å². The van der Waals surface area contributed by atoms with Crippen LogP contribution in [-0.2, 0) is 0 Å². The maximum atomic E-state index is 6.33. The van der Waals surface area contributed by atoms with Crippen LogP contribution in [0.4, 0.5) is 0 Å². The monoisotopic (exact) mass is 308 g/mol. The molecule has 1 unspecified atom stereocenters. The molecule has 0 N–H and O–H groups in total. The second kappa shape index (κ2) is 9.58. The van der Waals surface area contributed by atoms with E-state index < -0.39 is 0 Å². The van der Waals surface area contributed by atoms with Crippen LogP contribution in [-0.4, -0.2) is 13.2 Å². The Kier molecular flexibility index (Phi) is 8.08. The van der Waals surface area contributed by atoms with Crippen LogP contribution in [0.3, 0.4) is 0 Å². The molecular weight excluding hydrogens is 284 g/mol. The van der Waals surface area contributed by atoms with Crippen LogP contribution in [0.2, 0.25) is 5.02 Å². The Bertz CT molecular complexity index is 500. The highest BCUT2D eigenvalue weighted by molar-refractivity contribution is 6.32. The van der Waals surface area contributed by atoms with Crippen LogP contribution < -0.4 is 9.47 Å². The van der Waals surface area contributed by atoms with Crippen molar-refractivity contribution in [3.8, 4) is 23.3 Å². The Labute approximate surface area is 133 Å². The van der Waals surface area contributed by atoms with E-state index >= 15 is 0 Å². The van der Waals surface area contributed by atoms with Crippen LogP contribution in [0, 0.1) is 11.8 Å². The van der Waals surface area contributed by atoms with Gasteiger partial charge in [0.2, 0.25) is 0 Å². The molecule has 0 spiro atoms. The molecule has 3 heteroatoms. The molecule has 116 valence electrons. The molecule has 0 aliphatic rings. The largest absolute Gasteiger partial charge is 0.493 e. The van der Waals surface area contributed by atoms with Crippen LogP contribution in [0.15, 0.2) is 12.1 Å². The maximum absolute atomic E-state index is 6.33. The van der Waals surface area contributed by atoms with Gasteiger partial charge >= 0.3 is 0 Å². The minimum Gasteiger partial charge on any atom is -0.493 e. The third kappa shape index (κ3) is 5.52. The zero-order valence-electron chi connectivity index (χ0n) is 13.5. The van der Waals surface area contributed by atoms with Gasteiger partial charge in [-0.15, -0.1) is 11.8 Å². The average molecular weight is 309 g/mol. The molecule has 21 heavy (non-hydrogen) atoms. The van der Waals surface area contributed by atoms with Crippen LogP contribution >= 0.6 is 11.6 Å². The third-order valence-corrected chi connectivity index (χ3v) is 3.40. The summed E-state index contributed by atoms with van der Waals surface area (Å²) in [5, 5.41) is 0.638. The number of ether oxygens (including phenoxy) is 2. The summed E-state index contributed by atoms with van der Waals surface area (Å²) in [5.41, 5.74) is 1.10. The van der Waals surface area contributed by atoms with Crippen molar-refractivity contribution >= 4 is 11.6 Å². The van der Waals surface area contributed by atoms with Gasteiger partial charge in [0.05, 0.1) is 18.2 Å². The van der Waals surface area contributed by atoms with Crippen molar-refractivity contribution in [2.24, 2.45) is 0 Å². The molecule has 2 nitrogen and oxygen atoms in total. The summed E-state index contributed by atoms with van der Waals surface area (Å²) in [5.74, 6) is 7.89. The van der Waals surface area contributed by atoms with E-state index in [9.17, 15) is 0 Å². The Morgan fingerprint density at radius 2 is 1.71 bits per heavy atom. The first-order valence-corrected chi connectivity index (χ1v) is 8.00. The maximum Gasteiger partial charge on any atom is 0.141 e. The lowest BCUT2D eigenvalue weighted by Crippen LogP contribution is -2.04. The van der Waals surface area contributed by atoms with Gasteiger partial charge in [-0.25, -0.2) is 0 Å². The van der Waals surface area contributed by atoms with Gasteiger partial charge in [0.15, 0.2) is 0 Å². The molecular formula is C18H25ClO2. The standard InChI is InChI=1S/C18H25ClO2/c1-5-8-9-14(4)15-12-16(19)18(21-11-7-3)13-17(15)20-10-6-2/h12-14H,6-7,9-11H2,1-4H3. The quantitative estimate of drug-likeness (QED) is 0.596. The van der Waals surface area contributed by atoms with Gasteiger partial charge in [-0.3, -0.25) is 0 Å². The van der Waals surface area contributed by atoms with Crippen molar-refractivity contribution in [2.45, 2.75) is 52.9 Å². The molecule has 0 heterocycles. The molecule has 0 saturated carbocycles. The Morgan fingerprint density at radius 3 is 2.29 bits per heavy atom. The lowest BCUT2D eigenvalue weighted by Gasteiger charge is -2.18. The van der Waals surface area contributed by atoms with E-state index in [0.29, 0.717) is 24.0 Å². The van der Waals surface area contributed by atoms with Crippen molar-refractivity contribution in [2.75, 3.05) is 13.2 Å². The van der Waals surface area contributed by atoms with Gasteiger partial charge in [0.1, 0.15) is 11.5 Å². The van der Waals surface area contributed by atoms with Gasteiger partial charge in [0.25, 0.3) is 0 Å².